The fourth-order valence-corrected chi connectivity index (χ4v) is 1.49. The summed E-state index contributed by atoms with van der Waals surface area (Å²) >= 11 is 0. The number of nitrogens with one attached hydrogen (secondary N) is 1. The van der Waals surface area contributed by atoms with Crippen molar-refractivity contribution < 1.29 is 4.74 Å². The molecular weight excluding hydrogens is 202 g/mol. The Morgan fingerprint density at radius 2 is 2.12 bits per heavy atom. The summed E-state index contributed by atoms with van der Waals surface area (Å²) in [6, 6.07) is 3.62. The van der Waals surface area contributed by atoms with Crippen LogP contribution >= 0.6 is 0 Å². The maximum atomic E-state index is 7.37. The number of hydrogen-bond donors (Lipinski definition) is 0. The molecule has 0 aliphatic rings. The minimum absolute atomic E-state index is 0.296. The van der Waals surface area contributed by atoms with Crippen LogP contribution in [0.25, 0.3) is 0 Å². The van der Waals surface area contributed by atoms with Gasteiger partial charge in [0.2, 0.25) is 0 Å². The standard InChI is InChI=1S/C12H20N3O/c1-3-15(4-2)7-8-16-10-11-5-6-14-12(13)9-11/h5-6,9,13H,3-4,7-8,10H2,1-2H3. The zero-order valence-electron chi connectivity index (χ0n) is 10.1. The van der Waals surface area contributed by atoms with Crippen LogP contribution in [-0.4, -0.2) is 36.1 Å². The van der Waals surface area contributed by atoms with Gasteiger partial charge in [-0.05, 0) is 30.8 Å². The highest BCUT2D eigenvalue weighted by Gasteiger charge is 1.99. The van der Waals surface area contributed by atoms with Crippen molar-refractivity contribution in [1.82, 2.24) is 15.6 Å². The Balaban J connectivity index is 2.20. The van der Waals surface area contributed by atoms with Gasteiger partial charge in [0.25, 0.3) is 0 Å². The van der Waals surface area contributed by atoms with E-state index in [0.29, 0.717) is 12.4 Å². The Morgan fingerprint density at radius 1 is 1.38 bits per heavy atom. The van der Waals surface area contributed by atoms with Gasteiger partial charge in [-0.3, -0.25) is 5.73 Å². The second kappa shape index (κ2) is 7.19. The Bertz CT molecular complexity index is 300. The van der Waals surface area contributed by atoms with Crippen LogP contribution in [-0.2, 0) is 11.3 Å². The molecule has 0 fully saturated rings. The topological polar surface area (TPSA) is 49.2 Å². The number of nitrogens with zero attached hydrogens (tertiary/aromatic N) is 2. The van der Waals surface area contributed by atoms with Gasteiger partial charge in [-0.2, -0.15) is 0 Å². The molecule has 16 heavy (non-hydrogen) atoms. The van der Waals surface area contributed by atoms with Gasteiger partial charge in [0, 0.05) is 12.7 Å². The molecule has 0 amide bonds. The number of ether oxygens (including phenoxy) is 1. The highest BCUT2D eigenvalue weighted by molar-refractivity contribution is 5.27. The Hall–Kier alpha value is -1.13. The molecule has 1 heterocycles. The smallest absolute Gasteiger partial charge is 0.144 e. The van der Waals surface area contributed by atoms with Crippen molar-refractivity contribution in [3.63, 3.8) is 0 Å². The highest BCUT2D eigenvalue weighted by Crippen LogP contribution is 2.05. The molecule has 1 rings (SSSR count). The third-order valence-electron chi connectivity index (χ3n) is 2.54. The first-order valence-electron chi connectivity index (χ1n) is 5.72. The predicted molar refractivity (Wildman–Crippen MR) is 64.4 cm³/mol. The van der Waals surface area contributed by atoms with Crippen LogP contribution in [0, 0.1) is 0 Å². The summed E-state index contributed by atoms with van der Waals surface area (Å²) in [7, 11) is 0. The average molecular weight is 222 g/mol. The van der Waals surface area contributed by atoms with Crippen molar-refractivity contribution >= 4 is 5.82 Å². The van der Waals surface area contributed by atoms with E-state index in [1.165, 1.54) is 0 Å². The van der Waals surface area contributed by atoms with E-state index >= 15 is 0 Å². The number of hydrogen-bond acceptors (Lipinski definition) is 3. The molecule has 1 aromatic rings. The molecule has 1 aromatic heterocycles. The fraction of sp³-hybridized carbons (Fsp3) is 0.583. The lowest BCUT2D eigenvalue weighted by atomic mass is 10.3. The molecule has 4 nitrogen and oxygen atoms in total. The van der Waals surface area contributed by atoms with E-state index in [0.717, 1.165) is 31.8 Å². The summed E-state index contributed by atoms with van der Waals surface area (Å²) in [5, 5.41) is 0. The van der Waals surface area contributed by atoms with Gasteiger partial charge in [0.15, 0.2) is 0 Å². The van der Waals surface area contributed by atoms with E-state index in [1.54, 1.807) is 12.3 Å². The number of rotatable bonds is 7. The van der Waals surface area contributed by atoms with E-state index < -0.39 is 0 Å². The molecule has 0 saturated heterocycles. The maximum Gasteiger partial charge on any atom is 0.144 e. The third kappa shape index (κ3) is 4.59. The van der Waals surface area contributed by atoms with E-state index in [1.807, 2.05) is 6.07 Å². The molecule has 1 radical (unpaired) electrons. The lowest BCUT2D eigenvalue weighted by molar-refractivity contribution is 0.0956. The third-order valence-corrected chi connectivity index (χ3v) is 2.54. The predicted octanol–water partition coefficient (Wildman–Crippen LogP) is 1.85. The Labute approximate surface area is 97.4 Å². The largest absolute Gasteiger partial charge is 0.375 e. The summed E-state index contributed by atoms with van der Waals surface area (Å²) in [6.45, 7) is 8.69. The van der Waals surface area contributed by atoms with E-state index in [2.05, 4.69) is 23.7 Å². The van der Waals surface area contributed by atoms with Crippen LogP contribution in [0.3, 0.4) is 0 Å². The first-order valence-corrected chi connectivity index (χ1v) is 5.72. The molecule has 4 heteroatoms. The quantitative estimate of drug-likeness (QED) is 0.661. The van der Waals surface area contributed by atoms with Crippen LogP contribution in [0.1, 0.15) is 19.4 Å². The summed E-state index contributed by atoms with van der Waals surface area (Å²) in [5.74, 6) is 0.296. The minimum Gasteiger partial charge on any atom is -0.375 e. The lowest BCUT2D eigenvalue weighted by Crippen LogP contribution is -2.26. The molecule has 0 bridgehead atoms. The Morgan fingerprint density at radius 3 is 2.75 bits per heavy atom. The van der Waals surface area contributed by atoms with Gasteiger partial charge < -0.3 is 9.64 Å². The average Bonchev–Trinajstić information content (AvgIpc) is 2.29. The molecule has 0 aliphatic heterocycles. The SMILES string of the molecule is CCN(CC)CCOCc1ccnc([NH])c1. The van der Waals surface area contributed by atoms with Crippen LogP contribution in [0.5, 0.6) is 0 Å². The second-order valence-electron chi connectivity index (χ2n) is 3.63. The van der Waals surface area contributed by atoms with Gasteiger partial charge in [0.05, 0.1) is 13.2 Å². The van der Waals surface area contributed by atoms with E-state index in [9.17, 15) is 0 Å². The van der Waals surface area contributed by atoms with Crippen molar-refractivity contribution in [2.75, 3.05) is 26.2 Å². The first-order chi connectivity index (χ1) is 7.76. The van der Waals surface area contributed by atoms with Crippen LogP contribution in [0.2, 0.25) is 0 Å². The van der Waals surface area contributed by atoms with Gasteiger partial charge >= 0.3 is 0 Å². The number of aromatic nitrogens is 1. The molecule has 0 atom stereocenters. The van der Waals surface area contributed by atoms with Gasteiger partial charge in [-0.15, -0.1) is 0 Å². The first kappa shape index (κ1) is 12.9. The van der Waals surface area contributed by atoms with Gasteiger partial charge in [-0.1, -0.05) is 13.8 Å². The number of pyridine rings is 1. The molecule has 0 unspecified atom stereocenters. The summed E-state index contributed by atoms with van der Waals surface area (Å²) in [6.07, 6.45) is 1.64. The van der Waals surface area contributed by atoms with Crippen LogP contribution in [0.15, 0.2) is 18.3 Å². The lowest BCUT2D eigenvalue weighted by Gasteiger charge is -2.17. The van der Waals surface area contributed by atoms with Gasteiger partial charge in [0.1, 0.15) is 5.82 Å². The van der Waals surface area contributed by atoms with Crippen molar-refractivity contribution in [3.05, 3.63) is 23.9 Å². The highest BCUT2D eigenvalue weighted by atomic mass is 16.5. The van der Waals surface area contributed by atoms with E-state index in [-0.39, 0.29) is 0 Å². The normalized spacial score (nSPS) is 10.9. The zero-order chi connectivity index (χ0) is 11.8. The molecule has 89 valence electrons. The Kier molecular flexibility index (Phi) is 5.82. The molecule has 0 spiro atoms. The van der Waals surface area contributed by atoms with Crippen LogP contribution in [0.4, 0.5) is 5.82 Å². The monoisotopic (exact) mass is 222 g/mol. The summed E-state index contributed by atoms with van der Waals surface area (Å²) in [4.78, 5) is 6.15. The van der Waals surface area contributed by atoms with Crippen LogP contribution < -0.4 is 5.73 Å². The van der Waals surface area contributed by atoms with Crippen molar-refractivity contribution in [3.8, 4) is 0 Å². The van der Waals surface area contributed by atoms with Gasteiger partial charge in [-0.25, -0.2) is 4.98 Å². The number of likely N-dealkylation sites (N-methyl/N-ethyl adjacent to an activating group) is 1. The van der Waals surface area contributed by atoms with E-state index in [4.69, 9.17) is 10.5 Å². The zero-order valence-corrected chi connectivity index (χ0v) is 10.1. The van der Waals surface area contributed by atoms with Crippen molar-refractivity contribution in [2.24, 2.45) is 0 Å². The second-order valence-corrected chi connectivity index (χ2v) is 3.63. The molecular formula is C12H20N3O. The summed E-state index contributed by atoms with van der Waals surface area (Å²) < 4.78 is 5.56. The van der Waals surface area contributed by atoms with Crippen molar-refractivity contribution in [2.45, 2.75) is 20.5 Å². The molecule has 0 aromatic carbocycles. The molecule has 0 saturated carbocycles. The minimum atomic E-state index is 0.296. The molecule has 0 aliphatic carbocycles. The fourth-order valence-electron chi connectivity index (χ4n) is 1.49. The maximum absolute atomic E-state index is 7.37. The summed E-state index contributed by atoms with van der Waals surface area (Å²) in [5.41, 5.74) is 8.38. The molecule has 1 N–H and O–H groups in total. The van der Waals surface area contributed by atoms with Crippen molar-refractivity contribution in [1.29, 1.82) is 0 Å².